The number of nitrogens with zero attached hydrogens (tertiary/aromatic N) is 3. The maximum atomic E-state index is 12.3. The second-order valence-corrected chi connectivity index (χ2v) is 4.61. The summed E-state index contributed by atoms with van der Waals surface area (Å²) in [5.41, 5.74) is 0.930. The molecule has 0 atom stereocenters. The zero-order valence-corrected chi connectivity index (χ0v) is 11.2. The standard InChI is InChI=1S/C12H11Cl2N3O/c1-2-5-17-11(7-15-16-17)12(18)8-3-4-9(13)10(14)6-8/h3-4,6-7H,2,5H2,1H3. The lowest BCUT2D eigenvalue weighted by atomic mass is 10.1. The van der Waals surface area contributed by atoms with Crippen molar-refractivity contribution in [3.8, 4) is 0 Å². The fourth-order valence-corrected chi connectivity index (χ4v) is 1.89. The van der Waals surface area contributed by atoms with Crippen LogP contribution >= 0.6 is 23.2 Å². The molecule has 2 aromatic rings. The van der Waals surface area contributed by atoms with Gasteiger partial charge in [0.2, 0.25) is 5.78 Å². The van der Waals surface area contributed by atoms with Crippen molar-refractivity contribution < 1.29 is 4.79 Å². The van der Waals surface area contributed by atoms with Crippen LogP contribution < -0.4 is 0 Å². The highest BCUT2D eigenvalue weighted by atomic mass is 35.5. The molecule has 1 aromatic heterocycles. The molecule has 0 aliphatic carbocycles. The molecule has 4 nitrogen and oxygen atoms in total. The lowest BCUT2D eigenvalue weighted by Crippen LogP contribution is -2.11. The second kappa shape index (κ2) is 5.50. The van der Waals surface area contributed by atoms with Crippen LogP contribution in [0.2, 0.25) is 10.0 Å². The first kappa shape index (κ1) is 13.1. The molecule has 18 heavy (non-hydrogen) atoms. The van der Waals surface area contributed by atoms with E-state index in [2.05, 4.69) is 10.3 Å². The van der Waals surface area contributed by atoms with E-state index in [1.165, 1.54) is 6.20 Å². The van der Waals surface area contributed by atoms with Crippen LogP contribution in [0.3, 0.4) is 0 Å². The van der Waals surface area contributed by atoms with Gasteiger partial charge in [0.25, 0.3) is 0 Å². The van der Waals surface area contributed by atoms with Gasteiger partial charge in [0.05, 0.1) is 16.2 Å². The summed E-state index contributed by atoms with van der Waals surface area (Å²) < 4.78 is 1.59. The second-order valence-electron chi connectivity index (χ2n) is 3.80. The molecular formula is C12H11Cl2N3O. The number of carbonyl (C=O) groups excluding carboxylic acids is 1. The zero-order chi connectivity index (χ0) is 13.1. The molecule has 0 aliphatic rings. The van der Waals surface area contributed by atoms with Gasteiger partial charge in [-0.2, -0.15) is 0 Å². The summed E-state index contributed by atoms with van der Waals surface area (Å²) in [5.74, 6) is -0.160. The molecule has 0 bridgehead atoms. The van der Waals surface area contributed by atoms with Crippen molar-refractivity contribution >= 4 is 29.0 Å². The number of aromatic nitrogens is 3. The molecule has 94 valence electrons. The number of hydrogen-bond acceptors (Lipinski definition) is 3. The molecule has 0 saturated carbocycles. The monoisotopic (exact) mass is 283 g/mol. The summed E-state index contributed by atoms with van der Waals surface area (Å²) in [4.78, 5) is 12.3. The molecular weight excluding hydrogens is 273 g/mol. The molecule has 0 fully saturated rings. The van der Waals surface area contributed by atoms with Crippen molar-refractivity contribution in [2.75, 3.05) is 0 Å². The Morgan fingerprint density at radius 1 is 1.33 bits per heavy atom. The topological polar surface area (TPSA) is 47.8 Å². The largest absolute Gasteiger partial charge is 0.287 e. The number of aryl methyl sites for hydroxylation is 1. The van der Waals surface area contributed by atoms with Crippen molar-refractivity contribution in [1.82, 2.24) is 15.0 Å². The fourth-order valence-electron chi connectivity index (χ4n) is 1.60. The first-order chi connectivity index (χ1) is 8.63. The van der Waals surface area contributed by atoms with Crippen LogP contribution in [0.4, 0.5) is 0 Å². The molecule has 0 spiro atoms. The van der Waals surface area contributed by atoms with E-state index < -0.39 is 0 Å². The van der Waals surface area contributed by atoms with Gasteiger partial charge in [-0.05, 0) is 24.6 Å². The van der Waals surface area contributed by atoms with Gasteiger partial charge < -0.3 is 0 Å². The fraction of sp³-hybridized carbons (Fsp3) is 0.250. The van der Waals surface area contributed by atoms with Crippen LogP contribution in [0.1, 0.15) is 29.4 Å². The van der Waals surface area contributed by atoms with Gasteiger partial charge in [0.15, 0.2) is 0 Å². The quantitative estimate of drug-likeness (QED) is 0.810. The van der Waals surface area contributed by atoms with Crippen molar-refractivity contribution in [2.24, 2.45) is 0 Å². The minimum absolute atomic E-state index is 0.160. The molecule has 2 rings (SSSR count). The van der Waals surface area contributed by atoms with E-state index in [9.17, 15) is 4.79 Å². The van der Waals surface area contributed by atoms with Crippen molar-refractivity contribution in [2.45, 2.75) is 19.9 Å². The van der Waals surface area contributed by atoms with Crippen LogP contribution in [0.5, 0.6) is 0 Å². The summed E-state index contributed by atoms with van der Waals surface area (Å²) in [6.07, 6.45) is 2.34. The first-order valence-electron chi connectivity index (χ1n) is 5.51. The van der Waals surface area contributed by atoms with Gasteiger partial charge in [0, 0.05) is 12.1 Å². The Morgan fingerprint density at radius 3 is 2.78 bits per heavy atom. The van der Waals surface area contributed by atoms with Gasteiger partial charge in [-0.15, -0.1) is 5.10 Å². The average Bonchev–Trinajstić information content (AvgIpc) is 2.80. The smallest absolute Gasteiger partial charge is 0.212 e. The Morgan fingerprint density at radius 2 is 2.11 bits per heavy atom. The Kier molecular flexibility index (Phi) is 3.99. The van der Waals surface area contributed by atoms with Gasteiger partial charge >= 0.3 is 0 Å². The van der Waals surface area contributed by atoms with Gasteiger partial charge in [-0.1, -0.05) is 35.3 Å². The average molecular weight is 284 g/mol. The van der Waals surface area contributed by atoms with E-state index in [1.54, 1.807) is 22.9 Å². The van der Waals surface area contributed by atoms with Gasteiger partial charge in [-0.3, -0.25) is 4.79 Å². The molecule has 0 unspecified atom stereocenters. The Labute approximate surface area is 115 Å². The molecule has 0 aliphatic heterocycles. The summed E-state index contributed by atoms with van der Waals surface area (Å²) >= 11 is 11.7. The Balaban J connectivity index is 2.35. The van der Waals surface area contributed by atoms with E-state index in [-0.39, 0.29) is 5.78 Å². The number of hydrogen-bond donors (Lipinski definition) is 0. The normalized spacial score (nSPS) is 10.6. The van der Waals surface area contributed by atoms with E-state index in [4.69, 9.17) is 23.2 Å². The van der Waals surface area contributed by atoms with Crippen molar-refractivity contribution in [3.05, 3.63) is 45.7 Å². The van der Waals surface area contributed by atoms with Crippen LogP contribution in [-0.4, -0.2) is 20.8 Å². The molecule has 0 amide bonds. The number of halogens is 2. The zero-order valence-electron chi connectivity index (χ0n) is 9.73. The summed E-state index contributed by atoms with van der Waals surface area (Å²) in [7, 11) is 0. The number of carbonyl (C=O) groups is 1. The number of ketones is 1. The lowest BCUT2D eigenvalue weighted by Gasteiger charge is -2.04. The van der Waals surface area contributed by atoms with Crippen LogP contribution in [0.15, 0.2) is 24.4 Å². The molecule has 6 heteroatoms. The number of rotatable bonds is 4. The van der Waals surface area contributed by atoms with E-state index in [0.717, 1.165) is 6.42 Å². The minimum Gasteiger partial charge on any atom is -0.287 e. The first-order valence-corrected chi connectivity index (χ1v) is 6.27. The van der Waals surface area contributed by atoms with E-state index >= 15 is 0 Å². The summed E-state index contributed by atoms with van der Waals surface area (Å²) in [6, 6.07) is 4.79. The Hall–Kier alpha value is -1.39. The molecule has 0 N–H and O–H groups in total. The highest BCUT2D eigenvalue weighted by Gasteiger charge is 2.16. The SMILES string of the molecule is CCCn1nncc1C(=O)c1ccc(Cl)c(Cl)c1. The van der Waals surface area contributed by atoms with Crippen LogP contribution in [0, 0.1) is 0 Å². The van der Waals surface area contributed by atoms with Gasteiger partial charge in [-0.25, -0.2) is 4.68 Å². The maximum absolute atomic E-state index is 12.3. The highest BCUT2D eigenvalue weighted by Crippen LogP contribution is 2.23. The van der Waals surface area contributed by atoms with Crippen molar-refractivity contribution in [3.63, 3.8) is 0 Å². The highest BCUT2D eigenvalue weighted by molar-refractivity contribution is 6.42. The predicted octanol–water partition coefficient (Wildman–Crippen LogP) is 3.23. The molecule has 0 saturated heterocycles. The molecule has 1 heterocycles. The lowest BCUT2D eigenvalue weighted by molar-refractivity contribution is 0.102. The third-order valence-corrected chi connectivity index (χ3v) is 3.21. The molecule has 1 aromatic carbocycles. The molecule has 0 radical (unpaired) electrons. The predicted molar refractivity (Wildman–Crippen MR) is 70.2 cm³/mol. The van der Waals surface area contributed by atoms with Crippen LogP contribution in [0.25, 0.3) is 0 Å². The van der Waals surface area contributed by atoms with Crippen LogP contribution in [-0.2, 0) is 6.54 Å². The Bertz CT molecular complexity index is 580. The van der Waals surface area contributed by atoms with E-state index in [0.29, 0.717) is 27.8 Å². The summed E-state index contributed by atoms with van der Waals surface area (Å²) in [5, 5.41) is 8.42. The third-order valence-electron chi connectivity index (χ3n) is 2.47. The van der Waals surface area contributed by atoms with Gasteiger partial charge in [0.1, 0.15) is 5.69 Å². The summed E-state index contributed by atoms with van der Waals surface area (Å²) in [6.45, 7) is 2.66. The van der Waals surface area contributed by atoms with Crippen molar-refractivity contribution in [1.29, 1.82) is 0 Å². The minimum atomic E-state index is -0.160. The maximum Gasteiger partial charge on any atom is 0.212 e. The third kappa shape index (κ3) is 2.54. The number of benzene rings is 1. The van der Waals surface area contributed by atoms with E-state index in [1.807, 2.05) is 6.92 Å².